The van der Waals surface area contributed by atoms with Crippen LogP contribution in [-0.4, -0.2) is 35.3 Å². The van der Waals surface area contributed by atoms with Crippen LogP contribution in [0, 0.1) is 0 Å². The van der Waals surface area contributed by atoms with Crippen LogP contribution in [0.25, 0.3) is 0 Å². The molecule has 3 amide bonds. The number of carbonyl (C=O) groups excluding carboxylic acids is 3. The molecule has 0 bridgehead atoms. The number of nitrogens with one attached hydrogen (secondary N) is 3. The lowest BCUT2D eigenvalue weighted by atomic mass is 10.1. The molecule has 7 nitrogen and oxygen atoms in total. The van der Waals surface area contributed by atoms with E-state index in [1.165, 1.54) is 0 Å². The van der Waals surface area contributed by atoms with E-state index in [4.69, 9.17) is 0 Å². The Balaban J connectivity index is 1.51. The summed E-state index contributed by atoms with van der Waals surface area (Å²) in [4.78, 5) is 41.3. The van der Waals surface area contributed by atoms with Crippen LogP contribution in [0.2, 0.25) is 0 Å². The Kier molecular flexibility index (Phi) is 5.85. The van der Waals surface area contributed by atoms with Crippen molar-refractivity contribution in [3.63, 3.8) is 0 Å². The molecule has 1 aliphatic heterocycles. The fraction of sp³-hybridized carbons (Fsp3) is 0.368. The third-order valence-electron chi connectivity index (χ3n) is 4.26. The molecule has 0 fully saturated rings. The zero-order valence-corrected chi connectivity index (χ0v) is 16.1. The summed E-state index contributed by atoms with van der Waals surface area (Å²) in [5.74, 6) is -0.677. The first kappa shape index (κ1) is 19.0. The second kappa shape index (κ2) is 8.30. The topological polar surface area (TPSA) is 100 Å². The van der Waals surface area contributed by atoms with Crippen molar-refractivity contribution in [3.8, 4) is 0 Å². The molecule has 3 rings (SSSR count). The Hall–Kier alpha value is -2.74. The second-order valence-corrected chi connectivity index (χ2v) is 7.63. The van der Waals surface area contributed by atoms with E-state index < -0.39 is 11.9 Å². The molecule has 1 atom stereocenters. The number of hydrogen-bond acceptors (Lipinski definition) is 5. The molecule has 8 heteroatoms. The molecule has 27 heavy (non-hydrogen) atoms. The molecule has 0 aliphatic carbocycles. The molecule has 1 aliphatic rings. The van der Waals surface area contributed by atoms with Gasteiger partial charge in [-0.1, -0.05) is 26.0 Å². The predicted molar refractivity (Wildman–Crippen MR) is 104 cm³/mol. The summed E-state index contributed by atoms with van der Waals surface area (Å²) in [5.41, 5.74) is 1.89. The third kappa shape index (κ3) is 4.71. The molecule has 2 aromatic rings. The van der Waals surface area contributed by atoms with Crippen molar-refractivity contribution in [2.75, 3.05) is 11.9 Å². The van der Waals surface area contributed by atoms with Crippen LogP contribution in [0.3, 0.4) is 0 Å². The molecule has 0 saturated heterocycles. The molecular formula is C19H22N4O3S. The van der Waals surface area contributed by atoms with Crippen molar-refractivity contribution in [2.24, 2.45) is 0 Å². The summed E-state index contributed by atoms with van der Waals surface area (Å²) in [6.45, 7) is 4.61. The van der Waals surface area contributed by atoms with Crippen molar-refractivity contribution in [3.05, 3.63) is 45.9 Å². The number of nitrogens with zero attached hydrogens (tertiary/aromatic N) is 1. The van der Waals surface area contributed by atoms with Gasteiger partial charge in [-0.2, -0.15) is 0 Å². The number of hydrogen-bond donors (Lipinski definition) is 3. The highest BCUT2D eigenvalue weighted by Gasteiger charge is 2.29. The number of benzene rings is 1. The molecule has 2 heterocycles. The smallest absolute Gasteiger partial charge is 0.254 e. The number of rotatable bonds is 6. The first-order valence-corrected chi connectivity index (χ1v) is 9.73. The van der Waals surface area contributed by atoms with Gasteiger partial charge < -0.3 is 16.0 Å². The number of carbonyl (C=O) groups is 3. The average Bonchev–Trinajstić information content (AvgIpc) is 3.06. The summed E-state index contributed by atoms with van der Waals surface area (Å²) >= 11 is 1.58. The van der Waals surface area contributed by atoms with E-state index in [1.54, 1.807) is 35.6 Å². The second-order valence-electron chi connectivity index (χ2n) is 6.69. The minimum absolute atomic E-state index is 0.110. The Morgan fingerprint density at radius 1 is 1.30 bits per heavy atom. The molecule has 0 unspecified atom stereocenters. The van der Waals surface area contributed by atoms with Crippen LogP contribution in [-0.2, 0) is 16.0 Å². The van der Waals surface area contributed by atoms with E-state index in [1.807, 2.05) is 5.38 Å². The van der Waals surface area contributed by atoms with Gasteiger partial charge in [-0.05, 0) is 18.1 Å². The number of para-hydroxylation sites is 1. The van der Waals surface area contributed by atoms with Gasteiger partial charge in [0.15, 0.2) is 0 Å². The summed E-state index contributed by atoms with van der Waals surface area (Å²) < 4.78 is 0. The van der Waals surface area contributed by atoms with Crippen molar-refractivity contribution in [1.82, 2.24) is 15.6 Å². The number of amides is 3. The van der Waals surface area contributed by atoms with Gasteiger partial charge in [-0.3, -0.25) is 14.4 Å². The average molecular weight is 386 g/mol. The van der Waals surface area contributed by atoms with Crippen LogP contribution in [0.1, 0.15) is 47.2 Å². The van der Waals surface area contributed by atoms with Gasteiger partial charge in [0.1, 0.15) is 6.04 Å². The van der Waals surface area contributed by atoms with Crippen LogP contribution in [0.15, 0.2) is 29.6 Å². The molecule has 1 aromatic heterocycles. The van der Waals surface area contributed by atoms with Crippen LogP contribution in [0.5, 0.6) is 0 Å². The molecule has 0 saturated carbocycles. The van der Waals surface area contributed by atoms with Gasteiger partial charge in [-0.25, -0.2) is 4.98 Å². The normalized spacial score (nSPS) is 16.3. The Bertz CT molecular complexity index is 862. The quantitative estimate of drug-likeness (QED) is 0.707. The van der Waals surface area contributed by atoms with Crippen molar-refractivity contribution in [1.29, 1.82) is 0 Å². The minimum Gasteiger partial charge on any atom is -0.356 e. The van der Waals surface area contributed by atoms with Gasteiger partial charge >= 0.3 is 0 Å². The van der Waals surface area contributed by atoms with E-state index in [0.717, 1.165) is 10.7 Å². The third-order valence-corrected chi connectivity index (χ3v) is 5.19. The lowest BCUT2D eigenvalue weighted by Crippen LogP contribution is -2.44. The molecule has 0 radical (unpaired) electrons. The maximum atomic E-state index is 12.3. The van der Waals surface area contributed by atoms with E-state index >= 15 is 0 Å². The minimum atomic E-state index is -0.905. The highest BCUT2D eigenvalue weighted by atomic mass is 32.1. The number of anilines is 1. The highest BCUT2D eigenvalue weighted by Crippen LogP contribution is 2.19. The van der Waals surface area contributed by atoms with Gasteiger partial charge in [-0.15, -0.1) is 11.3 Å². The fourth-order valence-electron chi connectivity index (χ4n) is 2.73. The molecule has 3 N–H and O–H groups in total. The van der Waals surface area contributed by atoms with Gasteiger partial charge in [0.2, 0.25) is 11.8 Å². The van der Waals surface area contributed by atoms with Crippen molar-refractivity contribution in [2.45, 2.75) is 38.6 Å². The van der Waals surface area contributed by atoms with E-state index in [9.17, 15) is 14.4 Å². The number of aromatic nitrogens is 1. The van der Waals surface area contributed by atoms with Gasteiger partial charge in [0, 0.05) is 18.3 Å². The first-order valence-electron chi connectivity index (χ1n) is 8.86. The van der Waals surface area contributed by atoms with E-state index in [0.29, 0.717) is 30.1 Å². The van der Waals surface area contributed by atoms with E-state index in [-0.39, 0.29) is 18.2 Å². The fourth-order valence-corrected chi connectivity index (χ4v) is 3.69. The Labute approximate surface area is 161 Å². The molecule has 142 valence electrons. The summed E-state index contributed by atoms with van der Waals surface area (Å²) in [5, 5.41) is 11.1. The summed E-state index contributed by atoms with van der Waals surface area (Å²) in [7, 11) is 0. The largest absolute Gasteiger partial charge is 0.356 e. The van der Waals surface area contributed by atoms with Gasteiger partial charge in [0.05, 0.1) is 28.4 Å². The van der Waals surface area contributed by atoms with Crippen molar-refractivity contribution >= 4 is 34.7 Å². The van der Waals surface area contributed by atoms with E-state index in [2.05, 4.69) is 34.8 Å². The molecule has 0 spiro atoms. The zero-order chi connectivity index (χ0) is 19.4. The van der Waals surface area contributed by atoms with Crippen LogP contribution in [0.4, 0.5) is 5.69 Å². The predicted octanol–water partition coefficient (Wildman–Crippen LogP) is 2.07. The zero-order valence-electron chi connectivity index (χ0n) is 15.2. The number of fused-ring (bicyclic) bond motifs is 1. The SMILES string of the molecule is CC(C)c1csc(CCNC(=O)C[C@@H]2NC(=O)c3ccccc3NC2=O)n1. The maximum Gasteiger partial charge on any atom is 0.254 e. The Morgan fingerprint density at radius 3 is 2.81 bits per heavy atom. The summed E-state index contributed by atoms with van der Waals surface area (Å²) in [6.07, 6.45) is 0.526. The number of thiazole rings is 1. The lowest BCUT2D eigenvalue weighted by molar-refractivity contribution is -0.125. The molecule has 1 aromatic carbocycles. The molecular weight excluding hydrogens is 364 g/mol. The summed E-state index contributed by atoms with van der Waals surface area (Å²) in [6, 6.07) is 5.85. The van der Waals surface area contributed by atoms with Crippen molar-refractivity contribution < 1.29 is 14.4 Å². The first-order chi connectivity index (χ1) is 12.9. The maximum absolute atomic E-state index is 12.3. The highest BCUT2D eigenvalue weighted by molar-refractivity contribution is 7.09. The van der Waals surface area contributed by atoms with Crippen LogP contribution < -0.4 is 16.0 Å². The van der Waals surface area contributed by atoms with Gasteiger partial charge in [0.25, 0.3) is 5.91 Å². The Morgan fingerprint density at radius 2 is 2.07 bits per heavy atom. The standard InChI is InChI=1S/C19H22N4O3S/c1-11(2)15-10-27-17(21-15)7-8-20-16(24)9-14-19(26)22-13-6-4-3-5-12(13)18(25)23-14/h3-6,10-11,14H,7-9H2,1-2H3,(H,20,24)(H,22,26)(H,23,25)/t14-/m0/s1. The lowest BCUT2D eigenvalue weighted by Gasteiger charge is -2.14. The van der Waals surface area contributed by atoms with Crippen LogP contribution >= 0.6 is 11.3 Å². The monoisotopic (exact) mass is 386 g/mol.